The summed E-state index contributed by atoms with van der Waals surface area (Å²) in [5, 5.41) is 12.2. The van der Waals surface area contributed by atoms with Crippen LogP contribution in [-0.4, -0.2) is 37.5 Å². The zero-order valence-electron chi connectivity index (χ0n) is 5.39. The van der Waals surface area contributed by atoms with Gasteiger partial charge in [-0.15, -0.1) is 0 Å². The molecular formula is C5H11NO3. The minimum absolute atomic E-state index is 0.247. The molecule has 1 rings (SSSR count). The lowest BCUT2D eigenvalue weighted by Gasteiger charge is -2.36. The largest absolute Gasteiger partial charge is 0.385 e. The van der Waals surface area contributed by atoms with Gasteiger partial charge in [0.25, 0.3) is 0 Å². The van der Waals surface area contributed by atoms with Gasteiger partial charge in [-0.3, -0.25) is 0 Å². The van der Waals surface area contributed by atoms with Crippen molar-refractivity contribution in [2.45, 2.75) is 5.60 Å². The van der Waals surface area contributed by atoms with Crippen LogP contribution in [0.5, 0.6) is 0 Å². The Morgan fingerprint density at radius 1 is 1.67 bits per heavy atom. The predicted octanol–water partition coefficient (Wildman–Crippen LogP) is -1.10. The van der Waals surface area contributed by atoms with Gasteiger partial charge in [-0.25, -0.2) is 9.78 Å². The highest BCUT2D eigenvalue weighted by Crippen LogP contribution is 2.09. The Bertz CT molecular complexity index is 92.2. The molecule has 9 heavy (non-hydrogen) atoms. The van der Waals surface area contributed by atoms with Crippen molar-refractivity contribution >= 4 is 0 Å². The Morgan fingerprint density at radius 2 is 2.33 bits per heavy atom. The van der Waals surface area contributed by atoms with E-state index in [9.17, 15) is 5.11 Å². The maximum absolute atomic E-state index is 9.27. The van der Waals surface area contributed by atoms with Crippen LogP contribution in [0.1, 0.15) is 0 Å². The van der Waals surface area contributed by atoms with E-state index in [0.717, 1.165) is 0 Å². The van der Waals surface area contributed by atoms with Crippen molar-refractivity contribution < 1.29 is 14.9 Å². The Hall–Kier alpha value is -0.160. The fraction of sp³-hybridized carbons (Fsp3) is 1.00. The molecule has 0 bridgehead atoms. The summed E-state index contributed by atoms with van der Waals surface area (Å²) in [6, 6.07) is 0. The standard InChI is InChI=1S/C5H11NO3/c1-8-9-4-5(7)2-6-3-5/h6-7H,2-4H2,1H3. The van der Waals surface area contributed by atoms with E-state index in [-0.39, 0.29) is 6.61 Å². The quantitative estimate of drug-likeness (QED) is 0.379. The third-order valence-electron chi connectivity index (χ3n) is 1.35. The molecule has 0 unspecified atom stereocenters. The molecule has 1 heterocycles. The van der Waals surface area contributed by atoms with Gasteiger partial charge < -0.3 is 10.4 Å². The SMILES string of the molecule is COOCC1(O)CNC1. The average molecular weight is 133 g/mol. The van der Waals surface area contributed by atoms with Crippen LogP contribution >= 0.6 is 0 Å². The lowest BCUT2D eigenvalue weighted by molar-refractivity contribution is -0.301. The number of β-amino-alcohol motifs (C(OH)–C–C–N with tert-alkyl or cyclic N) is 1. The molecule has 0 aromatic heterocycles. The summed E-state index contributed by atoms with van der Waals surface area (Å²) in [7, 11) is 1.43. The van der Waals surface area contributed by atoms with Gasteiger partial charge in [-0.1, -0.05) is 0 Å². The first-order valence-corrected chi connectivity index (χ1v) is 2.85. The highest BCUT2D eigenvalue weighted by Gasteiger charge is 2.34. The summed E-state index contributed by atoms with van der Waals surface area (Å²) in [4.78, 5) is 8.88. The lowest BCUT2D eigenvalue weighted by Crippen LogP contribution is -2.62. The van der Waals surface area contributed by atoms with Gasteiger partial charge in [0.05, 0.1) is 7.11 Å². The van der Waals surface area contributed by atoms with Crippen LogP contribution in [0.25, 0.3) is 0 Å². The minimum atomic E-state index is -0.685. The van der Waals surface area contributed by atoms with Gasteiger partial charge in [0.1, 0.15) is 12.2 Å². The number of rotatable bonds is 3. The van der Waals surface area contributed by atoms with Gasteiger partial charge >= 0.3 is 0 Å². The molecule has 0 aliphatic carbocycles. The van der Waals surface area contributed by atoms with Crippen molar-refractivity contribution in [3.63, 3.8) is 0 Å². The predicted molar refractivity (Wildman–Crippen MR) is 30.8 cm³/mol. The Balaban J connectivity index is 2.09. The van der Waals surface area contributed by atoms with Crippen molar-refractivity contribution in [2.75, 3.05) is 26.8 Å². The van der Waals surface area contributed by atoms with Crippen LogP contribution in [0.15, 0.2) is 0 Å². The molecule has 0 aromatic carbocycles. The third kappa shape index (κ3) is 1.62. The maximum atomic E-state index is 9.27. The van der Waals surface area contributed by atoms with Crippen molar-refractivity contribution in [1.29, 1.82) is 0 Å². The molecule has 0 atom stereocenters. The van der Waals surface area contributed by atoms with Crippen LogP contribution in [-0.2, 0) is 9.78 Å². The van der Waals surface area contributed by atoms with Gasteiger partial charge in [0.2, 0.25) is 0 Å². The zero-order chi connectivity index (χ0) is 6.74. The number of nitrogens with one attached hydrogen (secondary N) is 1. The van der Waals surface area contributed by atoms with E-state index in [2.05, 4.69) is 15.1 Å². The molecule has 0 aromatic rings. The second kappa shape index (κ2) is 2.62. The van der Waals surface area contributed by atoms with Crippen molar-refractivity contribution in [3.8, 4) is 0 Å². The first-order valence-electron chi connectivity index (χ1n) is 2.85. The number of hydrogen-bond acceptors (Lipinski definition) is 4. The molecule has 1 saturated heterocycles. The van der Waals surface area contributed by atoms with Crippen LogP contribution in [0.3, 0.4) is 0 Å². The topological polar surface area (TPSA) is 50.7 Å². The van der Waals surface area contributed by atoms with Crippen LogP contribution in [0, 0.1) is 0 Å². The first kappa shape index (κ1) is 6.95. The summed E-state index contributed by atoms with van der Waals surface area (Å²) in [6.07, 6.45) is 0. The van der Waals surface area contributed by atoms with Gasteiger partial charge in [0.15, 0.2) is 0 Å². The molecule has 1 aliphatic heterocycles. The fourth-order valence-corrected chi connectivity index (χ4v) is 0.684. The molecular weight excluding hydrogens is 122 g/mol. The van der Waals surface area contributed by atoms with E-state index >= 15 is 0 Å². The second-order valence-electron chi connectivity index (χ2n) is 2.26. The molecule has 1 aliphatic rings. The summed E-state index contributed by atoms with van der Waals surface area (Å²) in [5.74, 6) is 0. The highest BCUT2D eigenvalue weighted by molar-refractivity contribution is 4.91. The number of aliphatic hydroxyl groups is 1. The van der Waals surface area contributed by atoms with E-state index in [1.54, 1.807) is 0 Å². The van der Waals surface area contributed by atoms with Crippen LogP contribution < -0.4 is 5.32 Å². The number of hydrogen-bond donors (Lipinski definition) is 2. The first-order chi connectivity index (χ1) is 4.27. The molecule has 2 N–H and O–H groups in total. The van der Waals surface area contributed by atoms with Crippen molar-refractivity contribution in [2.24, 2.45) is 0 Å². The van der Waals surface area contributed by atoms with E-state index < -0.39 is 5.60 Å². The molecule has 0 spiro atoms. The van der Waals surface area contributed by atoms with E-state index in [1.807, 2.05) is 0 Å². The molecule has 0 radical (unpaired) electrons. The average Bonchev–Trinajstić information content (AvgIpc) is 1.79. The summed E-state index contributed by atoms with van der Waals surface area (Å²) < 4.78 is 0. The zero-order valence-corrected chi connectivity index (χ0v) is 5.39. The molecule has 54 valence electrons. The highest BCUT2D eigenvalue weighted by atomic mass is 17.2. The van der Waals surface area contributed by atoms with Crippen LogP contribution in [0.4, 0.5) is 0 Å². The lowest BCUT2D eigenvalue weighted by atomic mass is 9.99. The van der Waals surface area contributed by atoms with Gasteiger partial charge in [-0.05, 0) is 0 Å². The second-order valence-corrected chi connectivity index (χ2v) is 2.26. The van der Waals surface area contributed by atoms with Crippen LogP contribution in [0.2, 0.25) is 0 Å². The van der Waals surface area contributed by atoms with Crippen molar-refractivity contribution in [1.82, 2.24) is 5.32 Å². The molecule has 4 nitrogen and oxygen atoms in total. The summed E-state index contributed by atoms with van der Waals surface area (Å²) >= 11 is 0. The van der Waals surface area contributed by atoms with Gasteiger partial charge in [-0.2, -0.15) is 0 Å². The van der Waals surface area contributed by atoms with Gasteiger partial charge in [0, 0.05) is 13.1 Å². The Kier molecular flexibility index (Phi) is 2.02. The Labute approximate surface area is 53.7 Å². The molecule has 0 saturated carbocycles. The summed E-state index contributed by atoms with van der Waals surface area (Å²) in [5.41, 5.74) is -0.685. The monoisotopic (exact) mass is 133 g/mol. The van der Waals surface area contributed by atoms with E-state index in [0.29, 0.717) is 13.1 Å². The maximum Gasteiger partial charge on any atom is 0.116 e. The van der Waals surface area contributed by atoms with E-state index in [1.165, 1.54) is 7.11 Å². The van der Waals surface area contributed by atoms with Crippen molar-refractivity contribution in [3.05, 3.63) is 0 Å². The summed E-state index contributed by atoms with van der Waals surface area (Å²) in [6.45, 7) is 1.43. The minimum Gasteiger partial charge on any atom is -0.385 e. The normalized spacial score (nSPS) is 23.3. The van der Waals surface area contributed by atoms with E-state index in [4.69, 9.17) is 0 Å². The Morgan fingerprint density at radius 3 is 2.67 bits per heavy atom. The molecule has 1 fully saturated rings. The molecule has 0 amide bonds. The third-order valence-corrected chi connectivity index (χ3v) is 1.35. The smallest absolute Gasteiger partial charge is 0.116 e. The molecule has 4 heteroatoms. The fourth-order valence-electron chi connectivity index (χ4n) is 0.684.